The number of alkyl halides is 3. The topological polar surface area (TPSA) is 109 Å². The zero-order valence-electron chi connectivity index (χ0n) is 28.9. The van der Waals surface area contributed by atoms with Crippen molar-refractivity contribution in [1.82, 2.24) is 25.1 Å². The maximum Gasteiger partial charge on any atom is 0.416 e. The van der Waals surface area contributed by atoms with Gasteiger partial charge in [0.25, 0.3) is 0 Å². The highest BCUT2D eigenvalue weighted by Gasteiger charge is 2.34. The van der Waals surface area contributed by atoms with Crippen LogP contribution in [0, 0.1) is 18.8 Å². The number of aromatic nitrogens is 2. The van der Waals surface area contributed by atoms with Gasteiger partial charge in [0.1, 0.15) is 17.4 Å². The minimum atomic E-state index is -4.50. The summed E-state index contributed by atoms with van der Waals surface area (Å²) in [4.78, 5) is 27.5. The summed E-state index contributed by atoms with van der Waals surface area (Å²) in [6.07, 6.45) is 2.68. The number of aryl methyl sites for hydroxylation is 1. The second kappa shape index (κ2) is 15.1. The number of nitrogens with zero attached hydrogens (tertiary/aromatic N) is 4. The Balaban J connectivity index is 1.11. The Morgan fingerprint density at radius 2 is 1.73 bits per heavy atom. The fourth-order valence-corrected chi connectivity index (χ4v) is 7.91. The SMILES string of the molecule is COc1cc2nc(C)nc(N[C@H](C)c3cc(N)cc(C(F)(F)F)c3)c2cc1C1CCC(C(=O)N2CCN(CCC3CCNCC3)CC2)CC1. The Hall–Kier alpha value is -3.64. The van der Waals surface area contributed by atoms with Crippen LogP contribution in [0.5, 0.6) is 5.75 Å². The number of nitrogens with two attached hydrogens (primary N) is 1. The minimum Gasteiger partial charge on any atom is -0.496 e. The normalized spacial score (nSPS) is 21.9. The molecule has 1 atom stereocenters. The first-order valence-electron chi connectivity index (χ1n) is 17.8. The Kier molecular flexibility index (Phi) is 10.8. The smallest absolute Gasteiger partial charge is 0.416 e. The van der Waals surface area contributed by atoms with Crippen molar-refractivity contribution >= 4 is 28.3 Å². The Bertz CT molecular complexity index is 1610. The van der Waals surface area contributed by atoms with Gasteiger partial charge in [-0.1, -0.05) is 0 Å². The molecule has 2 saturated heterocycles. The summed E-state index contributed by atoms with van der Waals surface area (Å²) in [5, 5.41) is 7.54. The number of carbonyl (C=O) groups excluding carboxylic acids is 1. The number of amides is 1. The number of ether oxygens (including phenoxy) is 1. The van der Waals surface area contributed by atoms with Crippen molar-refractivity contribution in [3.8, 4) is 5.75 Å². The fraction of sp³-hybridized carbons (Fsp3) is 0.595. The summed E-state index contributed by atoms with van der Waals surface area (Å²) >= 11 is 0. The van der Waals surface area contributed by atoms with Crippen LogP contribution in [0.15, 0.2) is 30.3 Å². The highest BCUT2D eigenvalue weighted by Crippen LogP contribution is 2.43. The van der Waals surface area contributed by atoms with Gasteiger partial charge in [-0.25, -0.2) is 9.97 Å². The molecule has 3 heterocycles. The highest BCUT2D eigenvalue weighted by molar-refractivity contribution is 5.91. The maximum atomic E-state index is 13.6. The lowest BCUT2D eigenvalue weighted by Crippen LogP contribution is -2.51. The van der Waals surface area contributed by atoms with Crippen molar-refractivity contribution in [3.63, 3.8) is 0 Å². The molecule has 2 aromatic carbocycles. The summed E-state index contributed by atoms with van der Waals surface area (Å²) in [7, 11) is 1.65. The molecule has 49 heavy (non-hydrogen) atoms. The van der Waals surface area contributed by atoms with E-state index in [1.807, 2.05) is 6.07 Å². The van der Waals surface area contributed by atoms with Crippen LogP contribution in [-0.2, 0) is 11.0 Å². The lowest BCUT2D eigenvalue weighted by atomic mass is 9.77. The van der Waals surface area contributed by atoms with Gasteiger partial charge in [-0.05, 0) is 126 Å². The van der Waals surface area contributed by atoms with Gasteiger partial charge < -0.3 is 26.0 Å². The first-order chi connectivity index (χ1) is 23.5. The summed E-state index contributed by atoms with van der Waals surface area (Å²) in [5.41, 5.74) is 7.25. The van der Waals surface area contributed by atoms with Crippen LogP contribution in [0.3, 0.4) is 0 Å². The molecule has 0 bridgehead atoms. The second-order valence-corrected chi connectivity index (χ2v) is 14.2. The van der Waals surface area contributed by atoms with E-state index >= 15 is 0 Å². The molecular formula is C37H50F3N7O2. The molecule has 3 fully saturated rings. The number of halogens is 3. The molecule has 4 N–H and O–H groups in total. The summed E-state index contributed by atoms with van der Waals surface area (Å²) in [5.74, 6) is 3.16. The second-order valence-electron chi connectivity index (χ2n) is 14.2. The number of methoxy groups -OCH3 is 1. The Morgan fingerprint density at radius 1 is 1.02 bits per heavy atom. The zero-order valence-corrected chi connectivity index (χ0v) is 28.9. The third-order valence-electron chi connectivity index (χ3n) is 10.8. The van der Waals surface area contributed by atoms with Crippen molar-refractivity contribution < 1.29 is 22.7 Å². The Morgan fingerprint density at radius 3 is 2.41 bits per heavy atom. The molecule has 0 unspecified atom stereocenters. The Labute approximate surface area is 287 Å². The number of benzene rings is 2. The number of anilines is 2. The third kappa shape index (κ3) is 8.40. The summed E-state index contributed by atoms with van der Waals surface area (Å²) < 4.78 is 46.4. The van der Waals surface area contributed by atoms with Crippen LogP contribution in [0.1, 0.15) is 86.3 Å². The van der Waals surface area contributed by atoms with E-state index in [-0.39, 0.29) is 17.5 Å². The number of hydrogen-bond donors (Lipinski definition) is 3. The summed E-state index contributed by atoms with van der Waals surface area (Å²) in [6, 6.07) is 7.07. The van der Waals surface area contributed by atoms with Crippen LogP contribution >= 0.6 is 0 Å². The molecule has 9 nitrogen and oxygen atoms in total. The van der Waals surface area contributed by atoms with Gasteiger partial charge in [0, 0.05) is 49.2 Å². The molecule has 1 aromatic heterocycles. The minimum absolute atomic E-state index is 0.0351. The van der Waals surface area contributed by atoms with Crippen molar-refractivity contribution in [2.24, 2.45) is 11.8 Å². The van der Waals surface area contributed by atoms with E-state index in [1.54, 1.807) is 27.0 Å². The lowest BCUT2D eigenvalue weighted by molar-refractivity contribution is -0.138. The molecule has 6 rings (SSSR count). The van der Waals surface area contributed by atoms with Crippen molar-refractivity contribution in [3.05, 3.63) is 52.8 Å². The average molecular weight is 682 g/mol. The zero-order chi connectivity index (χ0) is 34.7. The van der Waals surface area contributed by atoms with E-state index in [0.717, 1.165) is 106 Å². The molecule has 266 valence electrons. The molecule has 12 heteroatoms. The van der Waals surface area contributed by atoms with Crippen LogP contribution in [0.2, 0.25) is 0 Å². The molecular weight excluding hydrogens is 631 g/mol. The van der Waals surface area contributed by atoms with Crippen molar-refractivity contribution in [2.45, 2.75) is 76.9 Å². The van der Waals surface area contributed by atoms with Gasteiger partial charge in [0.2, 0.25) is 5.91 Å². The van der Waals surface area contributed by atoms with Crippen molar-refractivity contribution in [1.29, 1.82) is 0 Å². The summed E-state index contributed by atoms with van der Waals surface area (Å²) in [6.45, 7) is 10.5. The molecule has 3 aliphatic rings. The lowest BCUT2D eigenvalue weighted by Gasteiger charge is -2.38. The van der Waals surface area contributed by atoms with Crippen LogP contribution in [-0.4, -0.2) is 78.6 Å². The van der Waals surface area contributed by atoms with E-state index in [2.05, 4.69) is 36.5 Å². The third-order valence-corrected chi connectivity index (χ3v) is 10.8. The fourth-order valence-electron chi connectivity index (χ4n) is 7.91. The van der Waals surface area contributed by atoms with E-state index in [1.165, 1.54) is 19.3 Å². The van der Waals surface area contributed by atoms with Gasteiger partial charge in [-0.3, -0.25) is 9.69 Å². The van der Waals surface area contributed by atoms with Gasteiger partial charge >= 0.3 is 6.18 Å². The number of piperazine rings is 1. The van der Waals surface area contributed by atoms with Crippen LogP contribution in [0.25, 0.3) is 10.9 Å². The largest absolute Gasteiger partial charge is 0.496 e. The first-order valence-corrected chi connectivity index (χ1v) is 17.8. The molecule has 0 radical (unpaired) electrons. The van der Waals surface area contributed by atoms with E-state index in [4.69, 9.17) is 10.5 Å². The van der Waals surface area contributed by atoms with Gasteiger partial charge in [-0.2, -0.15) is 13.2 Å². The first kappa shape index (κ1) is 35.2. The van der Waals surface area contributed by atoms with Crippen molar-refractivity contribution in [2.75, 3.05) is 64.0 Å². The van der Waals surface area contributed by atoms with Gasteiger partial charge in [-0.15, -0.1) is 0 Å². The molecule has 1 amide bonds. The molecule has 3 aromatic rings. The number of fused-ring (bicyclic) bond motifs is 1. The van der Waals surface area contributed by atoms with Gasteiger partial charge in [0.05, 0.1) is 24.2 Å². The maximum absolute atomic E-state index is 13.6. The van der Waals surface area contributed by atoms with Crippen LogP contribution < -0.4 is 21.1 Å². The number of nitrogen functional groups attached to an aromatic ring is 1. The highest BCUT2D eigenvalue weighted by atomic mass is 19.4. The van der Waals surface area contributed by atoms with E-state index in [0.29, 0.717) is 28.6 Å². The van der Waals surface area contributed by atoms with Crippen LogP contribution in [0.4, 0.5) is 24.7 Å². The standard InChI is InChI=1S/C37H50F3N7O2/c1-23(28-18-29(37(38,39)40)20-30(41)19-28)43-35-32-21-31(34(49-3)22-33(32)44-24(2)45-35)26-4-6-27(7-5-26)36(48)47-16-14-46(15-17-47)13-10-25-8-11-42-12-9-25/h18-23,25-27,42H,4-17,41H2,1-3H3,(H,43,44,45)/t23-,26?,27?/m1/s1. The number of piperidine rings is 1. The predicted molar refractivity (Wildman–Crippen MR) is 187 cm³/mol. The molecule has 0 spiro atoms. The number of rotatable bonds is 9. The average Bonchev–Trinajstić information content (AvgIpc) is 3.10. The number of nitrogens with one attached hydrogen (secondary N) is 2. The number of carbonyl (C=O) groups is 1. The monoisotopic (exact) mass is 681 g/mol. The quantitative estimate of drug-likeness (QED) is 0.219. The molecule has 2 aliphatic heterocycles. The molecule has 1 aliphatic carbocycles. The predicted octanol–water partition coefficient (Wildman–Crippen LogP) is 6.53. The van der Waals surface area contributed by atoms with E-state index < -0.39 is 17.8 Å². The molecule has 1 saturated carbocycles. The number of hydrogen-bond acceptors (Lipinski definition) is 8. The van der Waals surface area contributed by atoms with Gasteiger partial charge in [0.15, 0.2) is 0 Å². The van der Waals surface area contributed by atoms with E-state index in [9.17, 15) is 18.0 Å².